The zero-order chi connectivity index (χ0) is 35.9. The fraction of sp³-hybridized carbons (Fsp3) is 0.162. The van der Waals surface area contributed by atoms with Gasteiger partial charge in [0.2, 0.25) is 0 Å². The number of nitrogens with one attached hydrogen (secondary N) is 1. The van der Waals surface area contributed by atoms with Gasteiger partial charge in [-0.25, -0.2) is 22.9 Å². The number of hydrogen-bond donors (Lipinski definition) is 2. The number of aromatic carboxylic acids is 1. The standard InChI is InChI=1S/C37H32BrN7O5S/c1-23-15-17-24(18-16-23)9-8-14-32-42-45(33-22-29(41-44(32)33)25-10-4-3-5-11-25)34(36(46)40-30-21-26(37(47)48)19-20-27(30)38)35-39-28-12-6-7-13-31(28)51(49,50)43(35)2/h3-7,10-13,15-22,34H,8-9,14H2,1-2H3,(H,40,46)(H,47,48). The molecule has 4 aromatic carbocycles. The lowest BCUT2D eigenvalue weighted by Crippen LogP contribution is -2.45. The van der Waals surface area contributed by atoms with Crippen LogP contribution in [0.25, 0.3) is 16.9 Å². The van der Waals surface area contributed by atoms with E-state index < -0.39 is 27.9 Å². The van der Waals surface area contributed by atoms with E-state index in [0.717, 1.165) is 22.7 Å². The van der Waals surface area contributed by atoms with Gasteiger partial charge >= 0.3 is 5.97 Å². The number of aromatic nitrogens is 4. The predicted octanol–water partition coefficient (Wildman–Crippen LogP) is 6.69. The van der Waals surface area contributed by atoms with Crippen LogP contribution >= 0.6 is 15.9 Å². The second-order valence-electron chi connectivity index (χ2n) is 12.2. The summed E-state index contributed by atoms with van der Waals surface area (Å²) in [6, 6.07) is 28.8. The minimum absolute atomic E-state index is 0.00503. The Balaban J connectivity index is 1.38. The number of aryl methyl sites for hydroxylation is 3. The number of halogens is 1. The molecule has 1 unspecified atom stereocenters. The summed E-state index contributed by atoms with van der Waals surface area (Å²) in [7, 11) is -2.77. The Morgan fingerprint density at radius 3 is 2.37 bits per heavy atom. The highest BCUT2D eigenvalue weighted by molar-refractivity contribution is 9.10. The van der Waals surface area contributed by atoms with E-state index in [1.54, 1.807) is 28.8 Å². The first-order chi connectivity index (χ1) is 24.5. The molecule has 0 fully saturated rings. The number of hydrogen-bond acceptors (Lipinski definition) is 7. The van der Waals surface area contributed by atoms with Crippen LogP contribution < -0.4 is 5.32 Å². The molecule has 0 bridgehead atoms. The van der Waals surface area contributed by atoms with Crippen LogP contribution in [0.15, 0.2) is 117 Å². The monoisotopic (exact) mass is 765 g/mol. The number of amidine groups is 1. The molecule has 51 heavy (non-hydrogen) atoms. The highest BCUT2D eigenvalue weighted by atomic mass is 79.9. The maximum Gasteiger partial charge on any atom is 0.335 e. The number of aliphatic imine (C=N–C) groups is 1. The van der Waals surface area contributed by atoms with E-state index in [4.69, 9.17) is 15.2 Å². The van der Waals surface area contributed by atoms with Gasteiger partial charge in [0.15, 0.2) is 23.3 Å². The number of carboxylic acids is 1. The Hall–Kier alpha value is -5.60. The maximum absolute atomic E-state index is 14.6. The van der Waals surface area contributed by atoms with E-state index >= 15 is 0 Å². The third kappa shape index (κ3) is 6.55. The van der Waals surface area contributed by atoms with E-state index in [9.17, 15) is 23.1 Å². The van der Waals surface area contributed by atoms with Crippen molar-refractivity contribution < 1.29 is 23.1 Å². The number of anilines is 1. The van der Waals surface area contributed by atoms with Gasteiger partial charge in [-0.2, -0.15) is 14.7 Å². The number of likely N-dealkylation sites (N-methyl/N-ethyl adjacent to an activating group) is 1. The molecule has 2 N–H and O–H groups in total. The summed E-state index contributed by atoms with van der Waals surface area (Å²) < 4.78 is 32.3. The highest BCUT2D eigenvalue weighted by Crippen LogP contribution is 2.36. The number of carbonyl (C=O) groups is 2. The summed E-state index contributed by atoms with van der Waals surface area (Å²) in [5, 5.41) is 22.3. The van der Waals surface area contributed by atoms with E-state index in [1.807, 2.05) is 37.3 Å². The van der Waals surface area contributed by atoms with Crippen molar-refractivity contribution >= 4 is 60.7 Å². The average molecular weight is 767 g/mol. The molecule has 3 heterocycles. The molecule has 0 spiro atoms. The number of nitrogens with zero attached hydrogens (tertiary/aromatic N) is 6. The molecule has 14 heteroatoms. The van der Waals surface area contributed by atoms with Crippen molar-refractivity contribution in [3.8, 4) is 11.3 Å². The Labute approximate surface area is 302 Å². The van der Waals surface area contributed by atoms with E-state index in [0.29, 0.717) is 28.1 Å². The highest BCUT2D eigenvalue weighted by Gasteiger charge is 2.41. The van der Waals surface area contributed by atoms with Gasteiger partial charge in [0.25, 0.3) is 15.9 Å². The van der Waals surface area contributed by atoms with Crippen molar-refractivity contribution in [2.24, 2.45) is 4.99 Å². The van der Waals surface area contributed by atoms with Crippen LogP contribution in [-0.4, -0.2) is 62.0 Å². The van der Waals surface area contributed by atoms with Crippen molar-refractivity contribution in [2.75, 3.05) is 12.4 Å². The lowest BCUT2D eigenvalue weighted by atomic mass is 10.1. The molecule has 7 rings (SSSR count). The first-order valence-corrected chi connectivity index (χ1v) is 18.3. The summed E-state index contributed by atoms with van der Waals surface area (Å²) in [4.78, 5) is 31.1. The van der Waals surface area contributed by atoms with E-state index in [1.165, 1.54) is 47.1 Å². The van der Waals surface area contributed by atoms with Crippen LogP contribution in [0, 0.1) is 6.92 Å². The number of carboxylic acid groups (broad SMARTS) is 1. The molecule has 0 saturated heterocycles. The minimum atomic E-state index is -4.12. The fourth-order valence-electron chi connectivity index (χ4n) is 6.00. The summed E-state index contributed by atoms with van der Waals surface area (Å²) in [5.41, 5.74) is 4.57. The van der Waals surface area contributed by atoms with Crippen LogP contribution in [0.2, 0.25) is 0 Å². The van der Waals surface area contributed by atoms with Gasteiger partial charge in [0.05, 0.1) is 22.6 Å². The molecule has 258 valence electrons. The van der Waals surface area contributed by atoms with Crippen LogP contribution in [0.4, 0.5) is 11.4 Å². The summed E-state index contributed by atoms with van der Waals surface area (Å²) in [5.74, 6) is -1.41. The SMILES string of the molecule is Cc1ccc(CCCc2nn(C(C(=O)Nc3cc(C(=O)O)ccc3Br)C3=Nc4ccccc4S(=O)(=O)N3C)c3cc(-c4ccccc4)nn23)cc1. The largest absolute Gasteiger partial charge is 0.478 e. The molecule has 1 atom stereocenters. The van der Waals surface area contributed by atoms with Crippen molar-refractivity contribution in [3.05, 3.63) is 130 Å². The van der Waals surface area contributed by atoms with E-state index in [2.05, 4.69) is 45.5 Å². The Kier molecular flexibility index (Phi) is 9.04. The van der Waals surface area contributed by atoms with Gasteiger partial charge in [-0.3, -0.25) is 9.10 Å². The van der Waals surface area contributed by atoms with Crippen molar-refractivity contribution in [2.45, 2.75) is 37.1 Å². The number of rotatable bonds is 10. The number of sulfonamides is 1. The molecular formula is C37H32BrN7O5S. The zero-order valence-corrected chi connectivity index (χ0v) is 30.0. The second-order valence-corrected chi connectivity index (χ2v) is 15.0. The lowest BCUT2D eigenvalue weighted by molar-refractivity contribution is -0.117. The summed E-state index contributed by atoms with van der Waals surface area (Å²) in [6.07, 6.45) is 2.01. The normalized spacial score (nSPS) is 14.2. The first-order valence-electron chi connectivity index (χ1n) is 16.1. The topological polar surface area (TPSA) is 151 Å². The van der Waals surface area contributed by atoms with Gasteiger partial charge in [0, 0.05) is 29.6 Å². The number of fused-ring (bicyclic) bond motifs is 2. The molecule has 2 aromatic heterocycles. The number of benzene rings is 4. The fourth-order valence-corrected chi connectivity index (χ4v) is 7.66. The average Bonchev–Trinajstić information content (AvgIpc) is 3.70. The molecule has 0 aliphatic carbocycles. The molecule has 0 saturated carbocycles. The molecule has 1 aliphatic heterocycles. The second kappa shape index (κ2) is 13.6. The molecular weight excluding hydrogens is 734 g/mol. The minimum Gasteiger partial charge on any atom is -0.478 e. The van der Waals surface area contributed by atoms with Crippen molar-refractivity contribution in [1.29, 1.82) is 0 Å². The lowest BCUT2D eigenvalue weighted by Gasteiger charge is -2.30. The van der Waals surface area contributed by atoms with Crippen molar-refractivity contribution in [3.63, 3.8) is 0 Å². The van der Waals surface area contributed by atoms with Crippen LogP contribution in [0.1, 0.15) is 39.8 Å². The summed E-state index contributed by atoms with van der Waals surface area (Å²) in [6.45, 7) is 2.04. The Morgan fingerprint density at radius 1 is 0.902 bits per heavy atom. The summed E-state index contributed by atoms with van der Waals surface area (Å²) >= 11 is 3.40. The zero-order valence-electron chi connectivity index (χ0n) is 27.6. The van der Waals surface area contributed by atoms with Crippen LogP contribution in [-0.2, 0) is 27.7 Å². The van der Waals surface area contributed by atoms with Crippen LogP contribution in [0.3, 0.4) is 0 Å². The Bertz CT molecular complexity index is 2440. The smallest absolute Gasteiger partial charge is 0.335 e. The third-order valence-electron chi connectivity index (χ3n) is 8.72. The van der Waals surface area contributed by atoms with E-state index in [-0.39, 0.29) is 27.7 Å². The number of carbonyl (C=O) groups excluding carboxylic acids is 1. The molecule has 12 nitrogen and oxygen atoms in total. The third-order valence-corrected chi connectivity index (χ3v) is 11.2. The molecule has 1 aliphatic rings. The van der Waals surface area contributed by atoms with Crippen LogP contribution in [0.5, 0.6) is 0 Å². The van der Waals surface area contributed by atoms with Gasteiger partial charge in [0.1, 0.15) is 4.90 Å². The van der Waals surface area contributed by atoms with Gasteiger partial charge < -0.3 is 10.4 Å². The van der Waals surface area contributed by atoms with Gasteiger partial charge in [-0.1, -0.05) is 72.3 Å². The maximum atomic E-state index is 14.6. The molecule has 1 amide bonds. The molecule has 0 radical (unpaired) electrons. The first kappa shape index (κ1) is 33.9. The van der Waals surface area contributed by atoms with Gasteiger partial charge in [-0.05, 0) is 71.6 Å². The van der Waals surface area contributed by atoms with Gasteiger partial charge in [-0.15, -0.1) is 0 Å². The Morgan fingerprint density at radius 2 is 1.63 bits per heavy atom. The van der Waals surface area contributed by atoms with Crippen molar-refractivity contribution in [1.82, 2.24) is 23.7 Å². The quantitative estimate of drug-likeness (QED) is 0.158. The number of amides is 1. The number of para-hydroxylation sites is 1. The molecule has 6 aromatic rings. The predicted molar refractivity (Wildman–Crippen MR) is 197 cm³/mol.